The minimum Gasteiger partial charge on any atom is -0.459 e. The number of furan rings is 1. The summed E-state index contributed by atoms with van der Waals surface area (Å²) in [4.78, 5) is 80.1. The summed E-state index contributed by atoms with van der Waals surface area (Å²) in [5, 5.41) is 16.3. The zero-order valence-electron chi connectivity index (χ0n) is 79.1. The minimum atomic E-state index is -0.217. The molecule has 125 heavy (non-hydrogen) atoms. The van der Waals surface area contributed by atoms with Crippen LogP contribution in [0.15, 0.2) is 151 Å². The molecule has 0 unspecified atom stereocenters. The van der Waals surface area contributed by atoms with Crippen molar-refractivity contribution in [2.24, 2.45) is 5.92 Å². The van der Waals surface area contributed by atoms with Crippen molar-refractivity contribution in [1.29, 1.82) is 0 Å². The fraction of sp³-hybridized carbons (Fsp3) is 0.545. The maximum Gasteiger partial charge on any atom is 0.291 e. The van der Waals surface area contributed by atoms with Gasteiger partial charge in [0.15, 0.2) is 5.76 Å². The van der Waals surface area contributed by atoms with Gasteiger partial charge in [-0.1, -0.05) is 134 Å². The summed E-state index contributed by atoms with van der Waals surface area (Å²) in [6, 6.07) is 42.2. The molecule has 0 saturated carbocycles. The topological polar surface area (TPSA) is 224 Å². The third kappa shape index (κ3) is 27.7. The van der Waals surface area contributed by atoms with Gasteiger partial charge in [-0.2, -0.15) is 0 Å². The molecule has 4 amide bonds. The van der Waals surface area contributed by atoms with E-state index in [0.29, 0.717) is 36.3 Å². The first-order valence-electron chi connectivity index (χ1n) is 45.7. The molecule has 24 nitrogen and oxygen atoms in total. The van der Waals surface area contributed by atoms with Crippen molar-refractivity contribution in [3.05, 3.63) is 191 Å². The van der Waals surface area contributed by atoms with Crippen LogP contribution in [0, 0.1) is 5.92 Å². The van der Waals surface area contributed by atoms with Crippen molar-refractivity contribution in [2.75, 3.05) is 244 Å². The summed E-state index contributed by atoms with van der Waals surface area (Å²) in [6.45, 7) is 57.2. The Hall–Kier alpha value is -9.66. The smallest absolute Gasteiger partial charge is 0.291 e. The van der Waals surface area contributed by atoms with Crippen LogP contribution in [0.3, 0.4) is 0 Å². The van der Waals surface area contributed by atoms with E-state index < -0.39 is 0 Å². The highest BCUT2D eigenvalue weighted by Gasteiger charge is 2.31. The van der Waals surface area contributed by atoms with Gasteiger partial charge in [0.05, 0.1) is 11.8 Å². The van der Waals surface area contributed by atoms with Crippen LogP contribution in [0.1, 0.15) is 189 Å². The second-order valence-corrected chi connectivity index (χ2v) is 40.3. The second kappa shape index (κ2) is 43.2. The highest BCUT2D eigenvalue weighted by molar-refractivity contribution is 6.06. The summed E-state index contributed by atoms with van der Waals surface area (Å²) in [5.41, 5.74) is 18.2. The van der Waals surface area contributed by atoms with Crippen LogP contribution in [-0.4, -0.2) is 257 Å². The lowest BCUT2D eigenvalue weighted by Crippen LogP contribution is -2.44. The first-order valence-corrected chi connectivity index (χ1v) is 45.7. The average molecular weight is 1710 g/mol. The number of ether oxygens (including phenoxy) is 2. The number of amides is 4. The zero-order chi connectivity index (χ0) is 90.0. The molecule has 7 aliphatic heterocycles. The molecule has 0 aliphatic carbocycles. The fourth-order valence-corrected chi connectivity index (χ4v) is 16.9. The number of benzene rings is 5. The largest absolute Gasteiger partial charge is 0.459 e. The maximum absolute atomic E-state index is 12.8. The number of piperazine rings is 5. The Labute approximate surface area is 747 Å². The summed E-state index contributed by atoms with van der Waals surface area (Å²) in [5.74, 6) is 0.113. The summed E-state index contributed by atoms with van der Waals surface area (Å²) >= 11 is 0. The standard InChI is InChI=1S/C21H33N3O2.2C20H28N4O.C20H27N3O2.C20H33N3O/c1-21(2,3)18-6-5-17(24-11-9-23(4)10-12-24)15-19(18)22-20(25)16-7-13-26-14-8-16;1-20(2,3)17-6-5-16(24-11-9-23(4)10-12-24)13-18(17)22-19(25)15-7-8-21-14-15;1-20(2,3)16-8-7-15(24-12-10-23(4)11-13-24)14-18(16)22-19(25)17-6-5-9-21-17;1-20(2,3)16-8-7-15(23-11-9-22(4)10-12-23)14-17(16)21-19(24)18-6-5-13-25-18;1-20(2,3)18-6-5-17(23-11-9-22(4)10-12-23)15-19(18)21-16-7-13-24-14-8-16/h5-6,15-16H,7-14H2,1-4H3,(H,22,25);5-8,13-14,21H,9-12H2,1-4H3,(H,22,25);5-9,14,21H,10-13H2,1-4H3,(H,22,25);5-8,13-14H,9-12H2,1-4H3,(H,21,24);5-6,15-16,21H,7-14H2,1-4H3. The Kier molecular flexibility index (Phi) is 33.2. The molecular formula is C101H149N17O7. The van der Waals surface area contributed by atoms with Gasteiger partial charge in [-0.25, -0.2) is 0 Å². The van der Waals surface area contributed by atoms with Crippen molar-refractivity contribution in [3.8, 4) is 0 Å². The van der Waals surface area contributed by atoms with Gasteiger partial charge in [0.25, 0.3) is 17.7 Å². The van der Waals surface area contributed by atoms with E-state index in [1.165, 1.54) is 45.8 Å². The Morgan fingerprint density at radius 3 is 0.976 bits per heavy atom. The molecule has 8 aromatic rings. The lowest BCUT2D eigenvalue weighted by atomic mass is 9.85. The molecule has 5 aromatic carbocycles. The van der Waals surface area contributed by atoms with Crippen LogP contribution >= 0.6 is 0 Å². The molecule has 0 atom stereocenters. The molecule has 0 bridgehead atoms. The summed E-state index contributed by atoms with van der Waals surface area (Å²) in [7, 11) is 10.8. The number of carbonyl (C=O) groups is 4. The van der Waals surface area contributed by atoms with Gasteiger partial charge >= 0.3 is 0 Å². The van der Waals surface area contributed by atoms with E-state index in [-0.39, 0.29) is 56.6 Å². The van der Waals surface area contributed by atoms with Gasteiger partial charge in [0, 0.05) is 245 Å². The predicted octanol–water partition coefficient (Wildman–Crippen LogP) is 16.6. The minimum absolute atomic E-state index is 0.0149. The number of rotatable bonds is 15. The van der Waals surface area contributed by atoms with Crippen molar-refractivity contribution in [1.82, 2.24) is 34.5 Å². The lowest BCUT2D eigenvalue weighted by molar-refractivity contribution is -0.122. The predicted molar refractivity (Wildman–Crippen MR) is 518 cm³/mol. The Balaban J connectivity index is 0.000000152. The van der Waals surface area contributed by atoms with E-state index in [4.69, 9.17) is 13.9 Å². The normalized spacial score (nSPS) is 17.9. The Morgan fingerprint density at radius 1 is 0.344 bits per heavy atom. The van der Waals surface area contributed by atoms with E-state index in [2.05, 4.69) is 316 Å². The van der Waals surface area contributed by atoms with Crippen molar-refractivity contribution < 1.29 is 33.1 Å². The van der Waals surface area contributed by atoms with Gasteiger partial charge in [0.2, 0.25) is 5.91 Å². The highest BCUT2D eigenvalue weighted by atomic mass is 16.5. The summed E-state index contributed by atoms with van der Waals surface area (Å²) in [6.07, 6.45) is 10.6. The number of H-pyrrole nitrogens is 2. The van der Waals surface area contributed by atoms with Gasteiger partial charge in [0.1, 0.15) is 5.69 Å². The molecule has 0 spiro atoms. The molecule has 7 aliphatic rings. The van der Waals surface area contributed by atoms with E-state index in [1.54, 1.807) is 42.9 Å². The zero-order valence-corrected chi connectivity index (χ0v) is 79.1. The van der Waals surface area contributed by atoms with Gasteiger partial charge < -0.3 is 99.4 Å². The van der Waals surface area contributed by atoms with Crippen molar-refractivity contribution >= 4 is 80.5 Å². The molecule has 680 valence electrons. The molecule has 0 radical (unpaired) electrons. The maximum atomic E-state index is 12.8. The van der Waals surface area contributed by atoms with E-state index in [9.17, 15) is 19.2 Å². The van der Waals surface area contributed by atoms with E-state index in [0.717, 1.165) is 215 Å². The number of anilines is 10. The second-order valence-electron chi connectivity index (χ2n) is 40.3. The molecule has 15 rings (SSSR count). The Bertz CT molecular complexity index is 4400. The lowest BCUT2D eigenvalue weighted by Gasteiger charge is -2.35. The van der Waals surface area contributed by atoms with Crippen LogP contribution < -0.4 is 51.1 Å². The van der Waals surface area contributed by atoms with Gasteiger partial charge in [-0.15, -0.1) is 0 Å². The van der Waals surface area contributed by atoms with Gasteiger partial charge in [-0.05, 0) is 207 Å². The molecular weight excluding hydrogens is 1560 g/mol. The average Bonchev–Trinajstić information content (AvgIpc) is 0.814. The van der Waals surface area contributed by atoms with Crippen molar-refractivity contribution in [3.63, 3.8) is 0 Å². The third-order valence-corrected chi connectivity index (χ3v) is 25.0. The summed E-state index contributed by atoms with van der Waals surface area (Å²) < 4.78 is 16.1. The number of hydrogen-bond donors (Lipinski definition) is 7. The monoisotopic (exact) mass is 1710 g/mol. The quantitative estimate of drug-likeness (QED) is 0.0507. The van der Waals surface area contributed by atoms with Crippen molar-refractivity contribution in [2.45, 2.75) is 163 Å². The highest BCUT2D eigenvalue weighted by Crippen LogP contribution is 2.40. The first kappa shape index (κ1) is 96.0. The molecule has 24 heteroatoms. The SMILES string of the molecule is CN1CCN(c2ccc(C(C)(C)C)c(NC(=O)C3CCOCC3)c2)CC1.CN1CCN(c2ccc(C(C)(C)C)c(NC(=O)c3cc[nH]c3)c2)CC1.CN1CCN(c2ccc(C(C)(C)C)c(NC(=O)c3ccc[nH]3)c2)CC1.CN1CCN(c2ccc(C(C)(C)C)c(NC(=O)c3ccco3)c2)CC1.CN1CCN(c2ccc(C(C)(C)C)c(NC3CCOCC3)c2)CC1. The van der Waals surface area contributed by atoms with Crippen LogP contribution in [0.2, 0.25) is 0 Å². The number of nitrogens with zero attached hydrogens (tertiary/aromatic N) is 10. The van der Waals surface area contributed by atoms with Gasteiger partial charge in [-0.3, -0.25) is 19.2 Å². The molecule has 10 heterocycles. The Morgan fingerprint density at radius 2 is 0.664 bits per heavy atom. The molecule has 3 aromatic heterocycles. The van der Waals surface area contributed by atoms with Crippen LogP contribution in [0.25, 0.3) is 0 Å². The molecule has 7 fully saturated rings. The number of aromatic amines is 2. The van der Waals surface area contributed by atoms with Crippen LogP contribution in [0.5, 0.6) is 0 Å². The number of aromatic nitrogens is 2. The molecule has 7 saturated heterocycles. The first-order chi connectivity index (χ1) is 59.3. The number of nitrogens with one attached hydrogen (secondary N) is 7. The number of hydrogen-bond acceptors (Lipinski definition) is 18. The number of likely N-dealkylation sites (N-methyl/N-ethyl adjacent to an activating group) is 5. The number of carbonyl (C=O) groups excluding carboxylic acids is 4. The third-order valence-electron chi connectivity index (χ3n) is 25.0. The van der Waals surface area contributed by atoms with E-state index in [1.807, 2.05) is 6.07 Å². The fourth-order valence-electron chi connectivity index (χ4n) is 16.9. The van der Waals surface area contributed by atoms with E-state index >= 15 is 0 Å². The molecule has 7 N–H and O–H groups in total. The van der Waals surface area contributed by atoms with Crippen LogP contribution in [0.4, 0.5) is 56.9 Å². The van der Waals surface area contributed by atoms with Crippen LogP contribution in [-0.2, 0) is 41.3 Å².